The highest BCUT2D eigenvalue weighted by molar-refractivity contribution is 6.36. The number of halogens is 2. The number of benzene rings is 1. The van der Waals surface area contributed by atoms with Gasteiger partial charge in [0.25, 0.3) is 5.91 Å². The van der Waals surface area contributed by atoms with Gasteiger partial charge in [-0.1, -0.05) is 23.2 Å². The van der Waals surface area contributed by atoms with Crippen molar-refractivity contribution in [3.05, 3.63) is 56.8 Å². The lowest BCUT2D eigenvalue weighted by Gasteiger charge is -2.03. The minimum Gasteiger partial charge on any atom is -0.352 e. The second-order valence-corrected chi connectivity index (χ2v) is 5.55. The van der Waals surface area contributed by atoms with Gasteiger partial charge in [0.15, 0.2) is 0 Å². The van der Waals surface area contributed by atoms with E-state index in [1.54, 1.807) is 18.3 Å². The SMILES string of the molecule is Cc1cc(/C=N\NC(=O)c2ccc(Cl)cc2Cl)c(C)n1C. The Kier molecular flexibility index (Phi) is 4.70. The molecule has 0 radical (unpaired) electrons. The molecule has 0 aliphatic rings. The van der Waals surface area contributed by atoms with Crippen molar-refractivity contribution in [2.75, 3.05) is 0 Å². The molecule has 0 aliphatic carbocycles. The maximum absolute atomic E-state index is 12.0. The van der Waals surface area contributed by atoms with E-state index in [-0.39, 0.29) is 5.91 Å². The Morgan fingerprint density at radius 1 is 1.29 bits per heavy atom. The smallest absolute Gasteiger partial charge is 0.272 e. The number of amides is 1. The molecular weight excluding hydrogens is 309 g/mol. The van der Waals surface area contributed by atoms with Crippen LogP contribution in [-0.2, 0) is 7.05 Å². The lowest BCUT2D eigenvalue weighted by Crippen LogP contribution is -2.18. The second kappa shape index (κ2) is 6.33. The predicted octanol–water partition coefficient (Wildman–Crippen LogP) is 3.71. The van der Waals surface area contributed by atoms with E-state index in [2.05, 4.69) is 15.1 Å². The van der Waals surface area contributed by atoms with Gasteiger partial charge < -0.3 is 4.57 Å². The van der Waals surface area contributed by atoms with Crippen LogP contribution in [0.1, 0.15) is 27.3 Å². The molecule has 0 atom stereocenters. The fourth-order valence-electron chi connectivity index (χ4n) is 1.91. The first-order valence-electron chi connectivity index (χ1n) is 6.31. The van der Waals surface area contributed by atoms with Crippen molar-refractivity contribution in [1.82, 2.24) is 9.99 Å². The summed E-state index contributed by atoms with van der Waals surface area (Å²) in [6.45, 7) is 4.00. The third kappa shape index (κ3) is 3.46. The van der Waals surface area contributed by atoms with Gasteiger partial charge in [0.05, 0.1) is 16.8 Å². The van der Waals surface area contributed by atoms with Crippen LogP contribution in [0.2, 0.25) is 10.0 Å². The number of aromatic nitrogens is 1. The molecule has 4 nitrogen and oxygen atoms in total. The molecule has 0 aliphatic heterocycles. The van der Waals surface area contributed by atoms with Gasteiger partial charge in [-0.3, -0.25) is 4.79 Å². The first kappa shape index (κ1) is 15.6. The van der Waals surface area contributed by atoms with Gasteiger partial charge in [0, 0.05) is 29.0 Å². The third-order valence-electron chi connectivity index (χ3n) is 3.36. The number of carbonyl (C=O) groups excluding carboxylic acids is 1. The fourth-order valence-corrected chi connectivity index (χ4v) is 2.40. The molecule has 1 aromatic heterocycles. The van der Waals surface area contributed by atoms with Gasteiger partial charge in [0.2, 0.25) is 0 Å². The summed E-state index contributed by atoms with van der Waals surface area (Å²) in [6, 6.07) is 6.69. The predicted molar refractivity (Wildman–Crippen MR) is 86.4 cm³/mol. The van der Waals surface area contributed by atoms with Crippen LogP contribution in [0.3, 0.4) is 0 Å². The largest absolute Gasteiger partial charge is 0.352 e. The molecule has 0 fully saturated rings. The minimum absolute atomic E-state index is 0.293. The first-order valence-corrected chi connectivity index (χ1v) is 7.07. The Morgan fingerprint density at radius 2 is 2.00 bits per heavy atom. The number of carbonyl (C=O) groups is 1. The summed E-state index contributed by atoms with van der Waals surface area (Å²) in [5.74, 6) is -0.377. The van der Waals surface area contributed by atoms with Crippen LogP contribution in [0, 0.1) is 13.8 Å². The Bertz CT molecular complexity index is 720. The van der Waals surface area contributed by atoms with E-state index in [1.807, 2.05) is 27.0 Å². The maximum atomic E-state index is 12.0. The normalized spacial score (nSPS) is 11.1. The van der Waals surface area contributed by atoms with E-state index in [1.165, 1.54) is 6.07 Å². The summed E-state index contributed by atoms with van der Waals surface area (Å²) < 4.78 is 2.05. The van der Waals surface area contributed by atoms with Crippen molar-refractivity contribution >= 4 is 35.3 Å². The monoisotopic (exact) mass is 323 g/mol. The van der Waals surface area contributed by atoms with Crippen LogP contribution < -0.4 is 5.43 Å². The zero-order valence-corrected chi connectivity index (χ0v) is 13.5. The van der Waals surface area contributed by atoms with Gasteiger partial charge in [-0.15, -0.1) is 0 Å². The molecule has 1 aromatic carbocycles. The van der Waals surface area contributed by atoms with Crippen molar-refractivity contribution in [1.29, 1.82) is 0 Å². The van der Waals surface area contributed by atoms with Crippen LogP contribution in [-0.4, -0.2) is 16.7 Å². The van der Waals surface area contributed by atoms with Crippen LogP contribution in [0.5, 0.6) is 0 Å². The lowest BCUT2D eigenvalue weighted by atomic mass is 10.2. The molecule has 110 valence electrons. The zero-order valence-electron chi connectivity index (χ0n) is 11.9. The zero-order chi connectivity index (χ0) is 15.6. The molecule has 0 saturated carbocycles. The van der Waals surface area contributed by atoms with Crippen LogP contribution in [0.25, 0.3) is 0 Å². The van der Waals surface area contributed by atoms with Gasteiger partial charge >= 0.3 is 0 Å². The molecule has 0 bridgehead atoms. The molecule has 0 unspecified atom stereocenters. The van der Waals surface area contributed by atoms with E-state index in [0.717, 1.165) is 17.0 Å². The van der Waals surface area contributed by atoms with Crippen LogP contribution in [0.15, 0.2) is 29.4 Å². The summed E-state index contributed by atoms with van der Waals surface area (Å²) in [7, 11) is 1.98. The Morgan fingerprint density at radius 3 is 2.57 bits per heavy atom. The molecule has 1 N–H and O–H groups in total. The van der Waals surface area contributed by atoms with Crippen LogP contribution >= 0.6 is 23.2 Å². The quantitative estimate of drug-likeness (QED) is 0.679. The van der Waals surface area contributed by atoms with Crippen molar-refractivity contribution in [2.24, 2.45) is 12.1 Å². The van der Waals surface area contributed by atoms with E-state index in [4.69, 9.17) is 23.2 Å². The van der Waals surface area contributed by atoms with E-state index >= 15 is 0 Å². The van der Waals surface area contributed by atoms with E-state index in [9.17, 15) is 4.79 Å². The van der Waals surface area contributed by atoms with Crippen molar-refractivity contribution in [2.45, 2.75) is 13.8 Å². The number of nitrogens with zero attached hydrogens (tertiary/aromatic N) is 2. The average Bonchev–Trinajstić information content (AvgIpc) is 2.66. The molecular formula is C15H15Cl2N3O. The number of hydrogen-bond donors (Lipinski definition) is 1. The maximum Gasteiger partial charge on any atom is 0.272 e. The number of rotatable bonds is 3. The lowest BCUT2D eigenvalue weighted by molar-refractivity contribution is 0.0955. The Hall–Kier alpha value is -1.78. The summed E-state index contributed by atoms with van der Waals surface area (Å²) in [4.78, 5) is 12.0. The summed E-state index contributed by atoms with van der Waals surface area (Å²) >= 11 is 11.8. The molecule has 2 aromatic rings. The van der Waals surface area contributed by atoms with Crippen LogP contribution in [0.4, 0.5) is 0 Å². The molecule has 1 heterocycles. The van der Waals surface area contributed by atoms with Gasteiger partial charge in [0.1, 0.15) is 0 Å². The molecule has 6 heteroatoms. The van der Waals surface area contributed by atoms with Gasteiger partial charge in [-0.25, -0.2) is 5.43 Å². The highest BCUT2D eigenvalue weighted by Crippen LogP contribution is 2.20. The van der Waals surface area contributed by atoms with E-state index in [0.29, 0.717) is 15.6 Å². The highest BCUT2D eigenvalue weighted by Gasteiger charge is 2.10. The highest BCUT2D eigenvalue weighted by atomic mass is 35.5. The van der Waals surface area contributed by atoms with Crippen molar-refractivity contribution in [3.8, 4) is 0 Å². The number of aryl methyl sites for hydroxylation is 1. The summed E-state index contributed by atoms with van der Waals surface area (Å²) in [5, 5.41) is 4.74. The molecule has 0 saturated heterocycles. The first-order chi connectivity index (χ1) is 9.90. The molecule has 2 rings (SSSR count). The standard InChI is InChI=1S/C15H15Cl2N3O/c1-9-6-11(10(2)20(9)3)8-18-19-15(21)13-5-4-12(16)7-14(13)17/h4-8H,1-3H3,(H,19,21)/b18-8-. The third-order valence-corrected chi connectivity index (χ3v) is 3.91. The fraction of sp³-hybridized carbons (Fsp3) is 0.200. The second-order valence-electron chi connectivity index (χ2n) is 4.71. The molecule has 1 amide bonds. The minimum atomic E-state index is -0.377. The molecule has 0 spiro atoms. The number of nitrogens with one attached hydrogen (secondary N) is 1. The average molecular weight is 324 g/mol. The Labute approximate surface area is 133 Å². The van der Waals surface area contributed by atoms with Crippen molar-refractivity contribution < 1.29 is 4.79 Å². The molecule has 21 heavy (non-hydrogen) atoms. The summed E-state index contributed by atoms with van der Waals surface area (Å²) in [6.07, 6.45) is 1.62. The van der Waals surface area contributed by atoms with E-state index < -0.39 is 0 Å². The topological polar surface area (TPSA) is 46.4 Å². The van der Waals surface area contributed by atoms with Gasteiger partial charge in [-0.05, 0) is 38.1 Å². The summed E-state index contributed by atoms with van der Waals surface area (Å²) in [5.41, 5.74) is 5.95. The van der Waals surface area contributed by atoms with Gasteiger partial charge in [-0.2, -0.15) is 5.10 Å². The van der Waals surface area contributed by atoms with Crippen molar-refractivity contribution in [3.63, 3.8) is 0 Å². The number of hydrogen-bond acceptors (Lipinski definition) is 2. The number of hydrazone groups is 1. The Balaban J connectivity index is 2.10.